The number of pyridine rings is 1. The Morgan fingerprint density at radius 3 is 2.69 bits per heavy atom. The van der Waals surface area contributed by atoms with E-state index < -0.39 is 0 Å². The zero-order chi connectivity index (χ0) is 20.6. The van der Waals surface area contributed by atoms with Crippen LogP contribution in [-0.4, -0.2) is 40.4 Å². The highest BCUT2D eigenvalue weighted by Gasteiger charge is 2.12. The van der Waals surface area contributed by atoms with Crippen molar-refractivity contribution in [2.24, 2.45) is 0 Å². The van der Waals surface area contributed by atoms with Crippen LogP contribution >= 0.6 is 0 Å². The lowest BCUT2D eigenvalue weighted by Gasteiger charge is -2.06. The van der Waals surface area contributed by atoms with Gasteiger partial charge in [0, 0.05) is 25.5 Å². The highest BCUT2D eigenvalue weighted by atomic mass is 16.5. The van der Waals surface area contributed by atoms with E-state index in [1.54, 1.807) is 42.6 Å². The Bertz CT molecular complexity index is 1060. The van der Waals surface area contributed by atoms with Gasteiger partial charge < -0.3 is 10.1 Å². The fourth-order valence-corrected chi connectivity index (χ4v) is 2.71. The normalized spacial score (nSPS) is 10.5. The fraction of sp³-hybridized carbons (Fsp3) is 0.238. The number of nitrogens with zero attached hydrogens (tertiary/aromatic N) is 3. The number of aromatic amines is 1. The molecule has 3 rings (SSSR count). The van der Waals surface area contributed by atoms with Crippen molar-refractivity contribution in [1.82, 2.24) is 20.1 Å². The first kappa shape index (κ1) is 20.0. The number of nitrogens with one attached hydrogen (secondary N) is 2. The van der Waals surface area contributed by atoms with Crippen molar-refractivity contribution in [3.63, 3.8) is 0 Å². The minimum absolute atomic E-state index is 0.249. The first-order valence-corrected chi connectivity index (χ1v) is 9.27. The van der Waals surface area contributed by atoms with Gasteiger partial charge in [0.05, 0.1) is 29.4 Å². The molecule has 2 heterocycles. The van der Waals surface area contributed by atoms with Crippen LogP contribution in [0.5, 0.6) is 0 Å². The van der Waals surface area contributed by atoms with Gasteiger partial charge in [-0.1, -0.05) is 19.1 Å². The van der Waals surface area contributed by atoms with Crippen LogP contribution in [-0.2, 0) is 4.74 Å². The highest BCUT2D eigenvalue weighted by Crippen LogP contribution is 2.16. The van der Waals surface area contributed by atoms with Crippen LogP contribution in [0.4, 0.5) is 0 Å². The Morgan fingerprint density at radius 1 is 1.24 bits per heavy atom. The molecule has 0 aliphatic rings. The van der Waals surface area contributed by atoms with Gasteiger partial charge >= 0.3 is 0 Å². The van der Waals surface area contributed by atoms with Crippen molar-refractivity contribution >= 4 is 5.91 Å². The Kier molecular flexibility index (Phi) is 6.55. The molecule has 8 nitrogen and oxygen atoms in total. The molecule has 0 spiro atoms. The summed E-state index contributed by atoms with van der Waals surface area (Å²) >= 11 is 0. The van der Waals surface area contributed by atoms with Gasteiger partial charge in [-0.15, -0.1) is 0 Å². The van der Waals surface area contributed by atoms with Crippen LogP contribution in [0, 0.1) is 11.3 Å². The standard InChI is InChI=1S/C21H21N5O3/c1-2-10-29-11-9-23-20(27)17-7-8-19(24-13-17)26-21(28)18(14-25-26)16-5-3-15(12-22)4-6-16/h3-8,13-14,25H,2,9-11H2,1H3,(H,23,27). The van der Waals surface area contributed by atoms with Gasteiger partial charge in [0.25, 0.3) is 11.5 Å². The topological polar surface area (TPSA) is 113 Å². The van der Waals surface area contributed by atoms with Crippen LogP contribution in [0.15, 0.2) is 53.6 Å². The molecule has 8 heteroatoms. The number of carbonyl (C=O) groups excluding carboxylic acids is 1. The number of rotatable bonds is 8. The van der Waals surface area contributed by atoms with Gasteiger partial charge in [-0.2, -0.15) is 5.26 Å². The van der Waals surface area contributed by atoms with Crippen LogP contribution in [0.1, 0.15) is 29.3 Å². The second-order valence-corrected chi connectivity index (χ2v) is 6.29. The lowest BCUT2D eigenvalue weighted by Crippen LogP contribution is -2.27. The second kappa shape index (κ2) is 9.48. The van der Waals surface area contributed by atoms with Gasteiger partial charge in [-0.05, 0) is 36.2 Å². The van der Waals surface area contributed by atoms with Gasteiger partial charge in [0.15, 0.2) is 5.82 Å². The summed E-state index contributed by atoms with van der Waals surface area (Å²) in [5, 5.41) is 14.5. The molecule has 148 valence electrons. The lowest BCUT2D eigenvalue weighted by molar-refractivity contribution is 0.0915. The number of carbonyl (C=O) groups is 1. The number of benzene rings is 1. The number of H-pyrrole nitrogens is 1. The molecule has 0 saturated carbocycles. The molecule has 2 N–H and O–H groups in total. The quantitative estimate of drug-likeness (QED) is 0.572. The van der Waals surface area contributed by atoms with E-state index in [2.05, 4.69) is 15.4 Å². The molecule has 1 aromatic carbocycles. The Morgan fingerprint density at radius 2 is 2.03 bits per heavy atom. The second-order valence-electron chi connectivity index (χ2n) is 6.29. The number of hydrogen-bond donors (Lipinski definition) is 2. The first-order valence-electron chi connectivity index (χ1n) is 9.27. The third-order valence-corrected chi connectivity index (χ3v) is 4.22. The van der Waals surface area contributed by atoms with Crippen molar-refractivity contribution in [3.05, 3.63) is 70.3 Å². The molecule has 0 bridgehead atoms. The summed E-state index contributed by atoms with van der Waals surface area (Å²) < 4.78 is 6.62. The predicted molar refractivity (Wildman–Crippen MR) is 108 cm³/mol. The summed E-state index contributed by atoms with van der Waals surface area (Å²) in [6.45, 7) is 3.57. The zero-order valence-corrected chi connectivity index (χ0v) is 16.0. The van der Waals surface area contributed by atoms with Crippen molar-refractivity contribution < 1.29 is 9.53 Å². The zero-order valence-electron chi connectivity index (χ0n) is 16.0. The van der Waals surface area contributed by atoms with Gasteiger partial charge in [0.2, 0.25) is 0 Å². The molecule has 0 radical (unpaired) electrons. The summed E-state index contributed by atoms with van der Waals surface area (Å²) in [4.78, 5) is 29.1. The molecule has 29 heavy (non-hydrogen) atoms. The van der Waals surface area contributed by atoms with E-state index in [9.17, 15) is 9.59 Å². The summed E-state index contributed by atoms with van der Waals surface area (Å²) in [6, 6.07) is 12.0. The van der Waals surface area contributed by atoms with E-state index in [1.165, 1.54) is 10.9 Å². The minimum Gasteiger partial charge on any atom is -0.380 e. The average Bonchev–Trinajstić information content (AvgIpc) is 3.15. The SMILES string of the molecule is CCCOCCNC(=O)c1ccc(-n2[nH]cc(-c3ccc(C#N)cc3)c2=O)nc1. The van der Waals surface area contributed by atoms with E-state index in [0.29, 0.717) is 47.8 Å². The molecule has 3 aromatic rings. The van der Waals surface area contributed by atoms with Gasteiger partial charge in [-0.25, -0.2) is 9.67 Å². The summed E-state index contributed by atoms with van der Waals surface area (Å²) in [5.41, 5.74) is 1.82. The van der Waals surface area contributed by atoms with Gasteiger partial charge in [0.1, 0.15) is 0 Å². The van der Waals surface area contributed by atoms with Gasteiger partial charge in [-0.3, -0.25) is 14.7 Å². The minimum atomic E-state index is -0.271. The van der Waals surface area contributed by atoms with E-state index in [4.69, 9.17) is 10.00 Å². The summed E-state index contributed by atoms with van der Waals surface area (Å²) in [6.07, 6.45) is 3.94. The summed E-state index contributed by atoms with van der Waals surface area (Å²) in [7, 11) is 0. The molecule has 1 amide bonds. The smallest absolute Gasteiger partial charge is 0.280 e. The average molecular weight is 391 g/mol. The third kappa shape index (κ3) is 4.78. The number of aromatic nitrogens is 3. The molecule has 0 fully saturated rings. The van der Waals surface area contributed by atoms with Crippen molar-refractivity contribution in [1.29, 1.82) is 5.26 Å². The molecule has 0 aliphatic heterocycles. The van der Waals surface area contributed by atoms with Crippen molar-refractivity contribution in [2.45, 2.75) is 13.3 Å². The largest absolute Gasteiger partial charge is 0.380 e. The molecular weight excluding hydrogens is 370 g/mol. The third-order valence-electron chi connectivity index (χ3n) is 4.22. The molecule has 0 saturated heterocycles. The molecule has 0 atom stereocenters. The monoisotopic (exact) mass is 391 g/mol. The van der Waals surface area contributed by atoms with Crippen molar-refractivity contribution in [2.75, 3.05) is 19.8 Å². The maximum atomic E-state index is 12.7. The first-order chi connectivity index (χ1) is 14.1. The maximum absolute atomic E-state index is 12.7. The lowest BCUT2D eigenvalue weighted by atomic mass is 10.1. The number of nitriles is 1. The van der Waals surface area contributed by atoms with Crippen LogP contribution < -0.4 is 10.9 Å². The number of amides is 1. The van der Waals surface area contributed by atoms with Crippen LogP contribution in [0.25, 0.3) is 16.9 Å². The summed E-state index contributed by atoms with van der Waals surface area (Å²) in [5.74, 6) is 0.124. The van der Waals surface area contributed by atoms with Crippen molar-refractivity contribution in [3.8, 4) is 23.0 Å². The van der Waals surface area contributed by atoms with Crippen LogP contribution in [0.3, 0.4) is 0 Å². The molecule has 0 aliphatic carbocycles. The highest BCUT2D eigenvalue weighted by molar-refractivity contribution is 5.93. The Balaban J connectivity index is 1.70. The molecular formula is C21H21N5O3. The van der Waals surface area contributed by atoms with E-state index in [-0.39, 0.29) is 11.5 Å². The van der Waals surface area contributed by atoms with E-state index in [1.807, 2.05) is 13.0 Å². The molecule has 2 aromatic heterocycles. The van der Waals surface area contributed by atoms with Crippen LogP contribution in [0.2, 0.25) is 0 Å². The maximum Gasteiger partial charge on any atom is 0.280 e. The predicted octanol–water partition coefficient (Wildman–Crippen LogP) is 2.26. The fourth-order valence-electron chi connectivity index (χ4n) is 2.71. The molecule has 0 unspecified atom stereocenters. The van der Waals surface area contributed by atoms with E-state index in [0.717, 1.165) is 6.42 Å². The van der Waals surface area contributed by atoms with E-state index >= 15 is 0 Å². The Labute approximate surface area is 167 Å². The number of hydrogen-bond acceptors (Lipinski definition) is 5. The Hall–Kier alpha value is -3.70. The number of ether oxygens (including phenoxy) is 1.